The molecule has 0 aromatic rings. The topological polar surface area (TPSA) is 9.23 Å². The zero-order valence-corrected chi connectivity index (χ0v) is 9.00. The van der Waals surface area contributed by atoms with E-state index in [2.05, 4.69) is 6.92 Å². The molecule has 0 bridgehead atoms. The predicted molar refractivity (Wildman–Crippen MR) is 40.5 cm³/mol. The summed E-state index contributed by atoms with van der Waals surface area (Å²) >= 11 is 1.21. The summed E-state index contributed by atoms with van der Waals surface area (Å²) in [6.45, 7) is 3.21. The van der Waals surface area contributed by atoms with Crippen molar-refractivity contribution in [1.82, 2.24) is 0 Å². The van der Waals surface area contributed by atoms with Crippen LogP contribution in [0.1, 0.15) is 39.0 Å². The average Bonchev–Trinajstić information content (AvgIpc) is 1.89. The summed E-state index contributed by atoms with van der Waals surface area (Å²) < 4.78 is 5.01. The molecule has 0 aliphatic heterocycles. The third-order valence-corrected chi connectivity index (χ3v) is 1.93. The Hall–Kier alpha value is 0.759. The van der Waals surface area contributed by atoms with E-state index in [0.29, 0.717) is 0 Å². The second kappa shape index (κ2) is 8.76. The van der Waals surface area contributed by atoms with Gasteiger partial charge in [0.25, 0.3) is 0 Å². The van der Waals surface area contributed by atoms with Crippen LogP contribution in [0.15, 0.2) is 0 Å². The molecule has 1 nitrogen and oxygen atoms in total. The molecule has 0 heterocycles. The Labute approximate surface area is 71.8 Å². The van der Waals surface area contributed by atoms with Gasteiger partial charge in [0.05, 0.1) is 0 Å². The van der Waals surface area contributed by atoms with Crippen LogP contribution < -0.4 is 0 Å². The number of rotatable bonds is 6. The third-order valence-electron chi connectivity index (χ3n) is 1.35. The van der Waals surface area contributed by atoms with E-state index >= 15 is 0 Å². The van der Waals surface area contributed by atoms with Gasteiger partial charge in [-0.2, -0.15) is 0 Å². The van der Waals surface area contributed by atoms with Crippen LogP contribution in [0, 0.1) is 0 Å². The maximum atomic E-state index is 5.01. The molecule has 0 atom stereocenters. The standard InChI is InChI=1S/C7H15O.Sn/c1-2-3-4-5-6-7-8;/h2-7H2,1H3;/q-1;+1. The van der Waals surface area contributed by atoms with Crippen molar-refractivity contribution in [2.45, 2.75) is 39.0 Å². The summed E-state index contributed by atoms with van der Waals surface area (Å²) in [5.74, 6) is 0. The van der Waals surface area contributed by atoms with Crippen molar-refractivity contribution in [3.05, 3.63) is 0 Å². The van der Waals surface area contributed by atoms with Crippen molar-refractivity contribution >= 4 is 22.9 Å². The molecule has 0 saturated heterocycles. The van der Waals surface area contributed by atoms with Crippen molar-refractivity contribution in [1.29, 1.82) is 0 Å². The molecule has 0 aromatic carbocycles. The van der Waals surface area contributed by atoms with E-state index in [1.54, 1.807) is 0 Å². The third kappa shape index (κ3) is 8.76. The van der Waals surface area contributed by atoms with E-state index in [4.69, 9.17) is 3.07 Å². The number of unbranched alkanes of at least 4 members (excludes halogenated alkanes) is 4. The van der Waals surface area contributed by atoms with Crippen LogP contribution >= 0.6 is 0 Å². The van der Waals surface area contributed by atoms with Gasteiger partial charge in [0.2, 0.25) is 0 Å². The Morgan fingerprint density at radius 1 is 1.11 bits per heavy atom. The molecular weight excluding hydrogens is 219 g/mol. The summed E-state index contributed by atoms with van der Waals surface area (Å²) in [5.41, 5.74) is 0. The fraction of sp³-hybridized carbons (Fsp3) is 1.00. The summed E-state index contributed by atoms with van der Waals surface area (Å²) in [6.07, 6.45) is 6.71. The van der Waals surface area contributed by atoms with Gasteiger partial charge in [0.15, 0.2) is 0 Å². The monoisotopic (exact) mass is 235 g/mol. The fourth-order valence-electron chi connectivity index (χ4n) is 0.778. The van der Waals surface area contributed by atoms with Crippen LogP contribution in [0.25, 0.3) is 0 Å². The molecule has 0 N–H and O–H groups in total. The van der Waals surface area contributed by atoms with Crippen LogP contribution in [0.4, 0.5) is 0 Å². The molecule has 0 unspecified atom stereocenters. The molecule has 0 spiro atoms. The second-order valence-corrected chi connectivity index (χ2v) is 3.09. The van der Waals surface area contributed by atoms with Crippen LogP contribution in [0.5, 0.6) is 0 Å². The molecule has 0 fully saturated rings. The van der Waals surface area contributed by atoms with E-state index in [1.807, 2.05) is 0 Å². The zero-order valence-electron chi connectivity index (χ0n) is 6.15. The van der Waals surface area contributed by atoms with Gasteiger partial charge in [-0.25, -0.2) is 0 Å². The first-order valence-electron chi connectivity index (χ1n) is 3.70. The van der Waals surface area contributed by atoms with Gasteiger partial charge in [-0.3, -0.25) is 0 Å². The molecule has 3 radical (unpaired) electrons. The minimum atomic E-state index is 0.974. The van der Waals surface area contributed by atoms with Crippen LogP contribution in [-0.2, 0) is 3.07 Å². The summed E-state index contributed by atoms with van der Waals surface area (Å²) in [7, 11) is 0. The second-order valence-electron chi connectivity index (χ2n) is 2.26. The van der Waals surface area contributed by atoms with Gasteiger partial charge >= 0.3 is 71.6 Å². The molecule has 53 valence electrons. The zero-order chi connectivity index (χ0) is 6.95. The van der Waals surface area contributed by atoms with E-state index < -0.39 is 0 Å². The summed E-state index contributed by atoms with van der Waals surface area (Å²) in [4.78, 5) is 0. The summed E-state index contributed by atoms with van der Waals surface area (Å²) in [5, 5.41) is 0. The van der Waals surface area contributed by atoms with E-state index in [0.717, 1.165) is 6.61 Å². The normalized spacial score (nSPS) is 10.0. The molecular formula is C7H15OSn. The van der Waals surface area contributed by atoms with Gasteiger partial charge in [-0.1, -0.05) is 0 Å². The number of hydrogen-bond donors (Lipinski definition) is 0. The first kappa shape index (κ1) is 9.76. The van der Waals surface area contributed by atoms with Crippen molar-refractivity contribution < 1.29 is 3.07 Å². The van der Waals surface area contributed by atoms with Crippen molar-refractivity contribution in [2.75, 3.05) is 6.61 Å². The van der Waals surface area contributed by atoms with Gasteiger partial charge in [0, 0.05) is 0 Å². The molecule has 0 amide bonds. The Bertz CT molecular complexity index is 42.2. The first-order chi connectivity index (χ1) is 4.41. The Morgan fingerprint density at radius 3 is 2.33 bits per heavy atom. The van der Waals surface area contributed by atoms with E-state index in [-0.39, 0.29) is 0 Å². The predicted octanol–water partition coefficient (Wildman–Crippen LogP) is 2.06. The SMILES string of the molecule is CCCCCCC[O][Sn]. The minimum absolute atomic E-state index is 0.974. The van der Waals surface area contributed by atoms with E-state index in [9.17, 15) is 0 Å². The van der Waals surface area contributed by atoms with Crippen LogP contribution in [0.3, 0.4) is 0 Å². The molecule has 0 aliphatic rings. The van der Waals surface area contributed by atoms with Crippen molar-refractivity contribution in [3.63, 3.8) is 0 Å². The molecule has 9 heavy (non-hydrogen) atoms. The Kier molecular flexibility index (Phi) is 9.50. The van der Waals surface area contributed by atoms with Gasteiger partial charge in [-0.05, 0) is 0 Å². The Morgan fingerprint density at radius 2 is 1.78 bits per heavy atom. The molecule has 0 aromatic heterocycles. The van der Waals surface area contributed by atoms with Crippen molar-refractivity contribution in [3.8, 4) is 0 Å². The van der Waals surface area contributed by atoms with Gasteiger partial charge < -0.3 is 0 Å². The first-order valence-corrected chi connectivity index (χ1v) is 4.87. The molecule has 0 saturated carbocycles. The van der Waals surface area contributed by atoms with Gasteiger partial charge in [0.1, 0.15) is 0 Å². The van der Waals surface area contributed by atoms with Crippen molar-refractivity contribution in [2.24, 2.45) is 0 Å². The Balaban J connectivity index is 2.60. The molecule has 0 aliphatic carbocycles. The van der Waals surface area contributed by atoms with Crippen LogP contribution in [-0.4, -0.2) is 29.5 Å². The maximum absolute atomic E-state index is 5.01. The van der Waals surface area contributed by atoms with Gasteiger partial charge in [-0.15, -0.1) is 0 Å². The molecule has 0 rings (SSSR count). The van der Waals surface area contributed by atoms with Crippen LogP contribution in [0.2, 0.25) is 0 Å². The fourth-order valence-corrected chi connectivity index (χ4v) is 1.19. The molecule has 2 heteroatoms. The number of hydrogen-bond acceptors (Lipinski definition) is 1. The van der Waals surface area contributed by atoms with E-state index in [1.165, 1.54) is 55.0 Å². The quantitative estimate of drug-likeness (QED) is 0.504. The summed E-state index contributed by atoms with van der Waals surface area (Å²) in [6, 6.07) is 0. The average molecular weight is 234 g/mol.